The van der Waals surface area contributed by atoms with Gasteiger partial charge in [-0.15, -0.1) is 11.3 Å². The maximum absolute atomic E-state index is 4.15. The van der Waals surface area contributed by atoms with Gasteiger partial charge >= 0.3 is 0 Å². The summed E-state index contributed by atoms with van der Waals surface area (Å²) in [7, 11) is 0. The van der Waals surface area contributed by atoms with Gasteiger partial charge in [-0.1, -0.05) is 0 Å². The molecule has 0 amide bonds. The molecule has 0 atom stereocenters. The van der Waals surface area contributed by atoms with E-state index in [-0.39, 0.29) is 0 Å². The zero-order chi connectivity index (χ0) is 6.81. The van der Waals surface area contributed by atoms with Gasteiger partial charge < -0.3 is 5.32 Å². The Morgan fingerprint density at radius 3 is 3.00 bits per heavy atom. The molecule has 2 heterocycles. The largest absolute Gasteiger partial charge is 0.309 e. The number of hydrogen-bond acceptors (Lipinski definition) is 3. The summed E-state index contributed by atoms with van der Waals surface area (Å²) in [6.07, 6.45) is 3.99. The molecule has 10 heavy (non-hydrogen) atoms. The highest BCUT2D eigenvalue weighted by molar-refractivity contribution is 7.10. The van der Waals surface area contributed by atoms with E-state index < -0.39 is 0 Å². The van der Waals surface area contributed by atoms with Crippen molar-refractivity contribution in [2.45, 2.75) is 0 Å². The van der Waals surface area contributed by atoms with Gasteiger partial charge in [0.2, 0.25) is 0 Å². The van der Waals surface area contributed by atoms with Crippen molar-refractivity contribution in [1.82, 2.24) is 10.3 Å². The highest BCUT2D eigenvalue weighted by Crippen LogP contribution is 2.11. The summed E-state index contributed by atoms with van der Waals surface area (Å²) >= 11 is 1.69. The van der Waals surface area contributed by atoms with Gasteiger partial charge in [0.1, 0.15) is 5.01 Å². The smallest absolute Gasteiger partial charge is 0.116 e. The minimum Gasteiger partial charge on any atom is -0.309 e. The van der Waals surface area contributed by atoms with Gasteiger partial charge in [-0.2, -0.15) is 0 Å². The Labute approximate surface area is 63.6 Å². The van der Waals surface area contributed by atoms with Gasteiger partial charge in [0.25, 0.3) is 0 Å². The van der Waals surface area contributed by atoms with Gasteiger partial charge in [0.15, 0.2) is 0 Å². The van der Waals surface area contributed by atoms with Crippen molar-refractivity contribution in [2.24, 2.45) is 0 Å². The second-order valence-electron chi connectivity index (χ2n) is 2.28. The number of nitrogens with zero attached hydrogens (tertiary/aromatic N) is 1. The van der Waals surface area contributed by atoms with Gasteiger partial charge in [-0.3, -0.25) is 0 Å². The third-order valence-corrected chi connectivity index (χ3v) is 2.21. The Morgan fingerprint density at radius 2 is 2.50 bits per heavy atom. The summed E-state index contributed by atoms with van der Waals surface area (Å²) in [5.74, 6) is 0. The van der Waals surface area contributed by atoms with Gasteiger partial charge in [0.05, 0.1) is 0 Å². The fraction of sp³-hybridized carbons (Fsp3) is 0.286. The van der Waals surface area contributed by atoms with E-state index in [0.717, 1.165) is 18.1 Å². The Morgan fingerprint density at radius 1 is 1.60 bits per heavy atom. The van der Waals surface area contributed by atoms with Crippen LogP contribution in [0.4, 0.5) is 0 Å². The van der Waals surface area contributed by atoms with Gasteiger partial charge in [-0.05, 0) is 11.6 Å². The van der Waals surface area contributed by atoms with Crippen LogP contribution in [0.25, 0.3) is 6.08 Å². The Kier molecular flexibility index (Phi) is 1.53. The molecule has 1 N–H and O–H groups in total. The predicted molar refractivity (Wildman–Crippen MR) is 43.0 cm³/mol. The first kappa shape index (κ1) is 6.07. The van der Waals surface area contributed by atoms with E-state index in [2.05, 4.69) is 16.4 Å². The van der Waals surface area contributed by atoms with Crippen molar-refractivity contribution in [3.63, 3.8) is 0 Å². The van der Waals surface area contributed by atoms with E-state index in [1.54, 1.807) is 11.3 Å². The molecule has 52 valence electrons. The zero-order valence-corrected chi connectivity index (χ0v) is 6.32. The average molecular weight is 152 g/mol. The van der Waals surface area contributed by atoms with Crippen molar-refractivity contribution in [3.05, 3.63) is 22.2 Å². The molecule has 0 spiro atoms. The summed E-state index contributed by atoms with van der Waals surface area (Å²) < 4.78 is 0. The monoisotopic (exact) mass is 152 g/mol. The minimum absolute atomic E-state index is 1.04. The summed E-state index contributed by atoms with van der Waals surface area (Å²) in [5, 5.41) is 6.30. The molecule has 3 heteroatoms. The SMILES string of the molecule is C(=C1CNC1)c1nccs1. The number of thiazole rings is 1. The second-order valence-corrected chi connectivity index (χ2v) is 3.20. The lowest BCUT2D eigenvalue weighted by atomic mass is 10.1. The third-order valence-electron chi connectivity index (χ3n) is 1.48. The normalized spacial score (nSPS) is 16.6. The average Bonchev–Trinajstić information content (AvgIpc) is 2.29. The quantitative estimate of drug-likeness (QED) is 0.652. The third kappa shape index (κ3) is 1.10. The van der Waals surface area contributed by atoms with Crippen LogP contribution in [0.5, 0.6) is 0 Å². The zero-order valence-electron chi connectivity index (χ0n) is 5.50. The number of nitrogens with one attached hydrogen (secondary N) is 1. The van der Waals surface area contributed by atoms with E-state index in [9.17, 15) is 0 Å². The molecule has 2 nitrogen and oxygen atoms in total. The van der Waals surface area contributed by atoms with E-state index >= 15 is 0 Å². The molecule has 1 aliphatic heterocycles. The number of rotatable bonds is 1. The highest BCUT2D eigenvalue weighted by atomic mass is 32.1. The molecule has 0 aliphatic carbocycles. The summed E-state index contributed by atoms with van der Waals surface area (Å²) in [6, 6.07) is 0. The lowest BCUT2D eigenvalue weighted by molar-refractivity contribution is 0.674. The minimum atomic E-state index is 1.04. The second kappa shape index (κ2) is 2.52. The Balaban J connectivity index is 2.15. The molecule has 0 aromatic carbocycles. The van der Waals surface area contributed by atoms with E-state index in [1.807, 2.05) is 11.6 Å². The number of aromatic nitrogens is 1. The topological polar surface area (TPSA) is 24.9 Å². The summed E-state index contributed by atoms with van der Waals surface area (Å²) in [5.41, 5.74) is 1.45. The molecule has 1 fully saturated rings. The molecule has 1 saturated heterocycles. The molecular weight excluding hydrogens is 144 g/mol. The standard InChI is InChI=1S/C7H8N2S/c1-2-10-7(9-1)3-6-4-8-5-6/h1-3,8H,4-5H2. The van der Waals surface area contributed by atoms with Crippen molar-refractivity contribution >= 4 is 17.4 Å². The molecule has 0 radical (unpaired) electrons. The summed E-state index contributed by atoms with van der Waals surface area (Å²) in [6.45, 7) is 2.08. The van der Waals surface area contributed by atoms with E-state index in [0.29, 0.717) is 0 Å². The van der Waals surface area contributed by atoms with Crippen LogP contribution >= 0.6 is 11.3 Å². The summed E-state index contributed by atoms with van der Waals surface area (Å²) in [4.78, 5) is 4.15. The first-order valence-corrected chi connectivity index (χ1v) is 4.13. The van der Waals surface area contributed by atoms with Crippen LogP contribution in [0, 0.1) is 0 Å². The van der Waals surface area contributed by atoms with Gasteiger partial charge in [-0.25, -0.2) is 4.98 Å². The van der Waals surface area contributed by atoms with Crippen molar-refractivity contribution in [2.75, 3.05) is 13.1 Å². The van der Waals surface area contributed by atoms with Crippen LogP contribution in [-0.2, 0) is 0 Å². The maximum Gasteiger partial charge on any atom is 0.116 e. The fourth-order valence-electron chi connectivity index (χ4n) is 0.852. The van der Waals surface area contributed by atoms with Crippen molar-refractivity contribution in [3.8, 4) is 0 Å². The molecule has 0 saturated carbocycles. The van der Waals surface area contributed by atoms with Crippen LogP contribution in [0.15, 0.2) is 17.2 Å². The van der Waals surface area contributed by atoms with Crippen LogP contribution in [0.2, 0.25) is 0 Å². The highest BCUT2D eigenvalue weighted by Gasteiger charge is 2.06. The predicted octanol–water partition coefficient (Wildman–Crippen LogP) is 1.13. The van der Waals surface area contributed by atoms with E-state index in [1.165, 1.54) is 5.57 Å². The molecule has 1 aliphatic rings. The van der Waals surface area contributed by atoms with Crippen LogP contribution in [0.1, 0.15) is 5.01 Å². The Hall–Kier alpha value is -0.670. The molecule has 1 aromatic heterocycles. The molecule has 2 rings (SSSR count). The van der Waals surface area contributed by atoms with Crippen LogP contribution in [-0.4, -0.2) is 18.1 Å². The molecular formula is C7H8N2S. The maximum atomic E-state index is 4.15. The van der Waals surface area contributed by atoms with Crippen molar-refractivity contribution < 1.29 is 0 Å². The lowest BCUT2D eigenvalue weighted by Crippen LogP contribution is -2.33. The first-order valence-electron chi connectivity index (χ1n) is 3.25. The molecule has 0 bridgehead atoms. The number of hydrogen-bond donors (Lipinski definition) is 1. The molecule has 0 unspecified atom stereocenters. The van der Waals surface area contributed by atoms with Gasteiger partial charge in [0, 0.05) is 24.7 Å². The lowest BCUT2D eigenvalue weighted by Gasteiger charge is -2.17. The van der Waals surface area contributed by atoms with E-state index in [4.69, 9.17) is 0 Å². The Bertz CT molecular complexity index is 232. The van der Waals surface area contributed by atoms with Crippen LogP contribution < -0.4 is 5.32 Å². The van der Waals surface area contributed by atoms with Crippen molar-refractivity contribution in [1.29, 1.82) is 0 Å². The van der Waals surface area contributed by atoms with Crippen LogP contribution in [0.3, 0.4) is 0 Å². The molecule has 1 aromatic rings. The fourth-order valence-corrected chi connectivity index (χ4v) is 1.47. The first-order chi connectivity index (χ1) is 4.95.